The maximum Gasteiger partial charge on any atom is 0.227 e. The Morgan fingerprint density at radius 2 is 2.00 bits per heavy atom. The highest BCUT2D eigenvalue weighted by molar-refractivity contribution is 6.28. The van der Waals surface area contributed by atoms with Crippen LogP contribution in [0, 0.1) is 0 Å². The van der Waals surface area contributed by atoms with Gasteiger partial charge in [-0.05, 0) is 25.4 Å². The number of nitrogens with one attached hydrogen (secondary N) is 1. The molecule has 72 valence electrons. The summed E-state index contributed by atoms with van der Waals surface area (Å²) in [4.78, 5) is 12.1. The molecular formula is C8H13ClN4. The summed E-state index contributed by atoms with van der Waals surface area (Å²) in [5, 5.41) is 3.32. The summed E-state index contributed by atoms with van der Waals surface area (Å²) in [6.07, 6.45) is 0.759. The van der Waals surface area contributed by atoms with E-state index in [9.17, 15) is 0 Å². The van der Waals surface area contributed by atoms with Crippen LogP contribution in [0.1, 0.15) is 26.6 Å². The van der Waals surface area contributed by atoms with E-state index in [1.54, 1.807) is 0 Å². The van der Waals surface area contributed by atoms with Crippen molar-refractivity contribution in [2.75, 3.05) is 5.32 Å². The van der Waals surface area contributed by atoms with Gasteiger partial charge in [0.05, 0.1) is 0 Å². The lowest BCUT2D eigenvalue weighted by Gasteiger charge is -2.08. The molecule has 0 saturated carbocycles. The lowest BCUT2D eigenvalue weighted by molar-refractivity contribution is 0.839. The molecule has 0 bridgehead atoms. The van der Waals surface area contributed by atoms with E-state index in [2.05, 4.69) is 20.3 Å². The molecule has 1 heterocycles. The molecule has 0 saturated heterocycles. The van der Waals surface area contributed by atoms with Crippen LogP contribution in [0.2, 0.25) is 5.28 Å². The SMILES string of the molecule is CCc1nc(Cl)nc(NC(C)C)n1. The highest BCUT2D eigenvalue weighted by atomic mass is 35.5. The average molecular weight is 201 g/mol. The third kappa shape index (κ3) is 3.14. The summed E-state index contributed by atoms with van der Waals surface area (Å²) >= 11 is 5.71. The second kappa shape index (κ2) is 4.37. The number of halogens is 1. The molecule has 4 nitrogen and oxygen atoms in total. The highest BCUT2D eigenvalue weighted by Gasteiger charge is 2.03. The number of rotatable bonds is 3. The Bertz CT molecular complexity index is 287. The van der Waals surface area contributed by atoms with E-state index >= 15 is 0 Å². The van der Waals surface area contributed by atoms with Gasteiger partial charge in [-0.25, -0.2) is 4.98 Å². The summed E-state index contributed by atoms with van der Waals surface area (Å²) in [5.74, 6) is 1.26. The Labute approximate surface area is 82.8 Å². The van der Waals surface area contributed by atoms with E-state index in [0.717, 1.165) is 6.42 Å². The fraction of sp³-hybridized carbons (Fsp3) is 0.625. The molecule has 0 unspecified atom stereocenters. The Balaban J connectivity index is 2.88. The molecule has 0 spiro atoms. The second-order valence-electron chi connectivity index (χ2n) is 3.00. The molecule has 13 heavy (non-hydrogen) atoms. The van der Waals surface area contributed by atoms with E-state index in [1.807, 2.05) is 20.8 Å². The van der Waals surface area contributed by atoms with Crippen molar-refractivity contribution in [3.05, 3.63) is 11.1 Å². The summed E-state index contributed by atoms with van der Waals surface area (Å²) in [6, 6.07) is 0.295. The van der Waals surface area contributed by atoms with Gasteiger partial charge in [-0.3, -0.25) is 0 Å². The van der Waals surface area contributed by atoms with Crippen molar-refractivity contribution in [3.8, 4) is 0 Å². The zero-order chi connectivity index (χ0) is 9.84. The van der Waals surface area contributed by atoms with Crippen molar-refractivity contribution in [3.63, 3.8) is 0 Å². The van der Waals surface area contributed by atoms with Crippen molar-refractivity contribution in [1.29, 1.82) is 0 Å². The molecule has 5 heteroatoms. The van der Waals surface area contributed by atoms with E-state index in [1.165, 1.54) is 0 Å². The monoisotopic (exact) mass is 200 g/mol. The van der Waals surface area contributed by atoms with Gasteiger partial charge in [-0.1, -0.05) is 6.92 Å². The van der Waals surface area contributed by atoms with E-state index in [4.69, 9.17) is 11.6 Å². The Kier molecular flexibility index (Phi) is 3.42. The topological polar surface area (TPSA) is 50.7 Å². The molecule has 1 aromatic rings. The minimum Gasteiger partial charge on any atom is -0.352 e. The molecule has 0 aliphatic rings. The Morgan fingerprint density at radius 1 is 1.31 bits per heavy atom. The molecule has 0 aliphatic carbocycles. The van der Waals surface area contributed by atoms with Crippen molar-refractivity contribution >= 4 is 17.5 Å². The molecule has 0 amide bonds. The molecule has 0 radical (unpaired) electrons. The number of aryl methyl sites for hydroxylation is 1. The van der Waals surface area contributed by atoms with E-state index in [0.29, 0.717) is 17.8 Å². The van der Waals surface area contributed by atoms with Gasteiger partial charge in [-0.15, -0.1) is 0 Å². The van der Waals surface area contributed by atoms with Crippen LogP contribution in [0.3, 0.4) is 0 Å². The zero-order valence-electron chi connectivity index (χ0n) is 8.00. The first kappa shape index (κ1) is 10.2. The average Bonchev–Trinajstić information content (AvgIpc) is 2.01. The second-order valence-corrected chi connectivity index (χ2v) is 3.33. The first-order valence-electron chi connectivity index (χ1n) is 4.28. The summed E-state index contributed by atoms with van der Waals surface area (Å²) in [7, 11) is 0. The lowest BCUT2D eigenvalue weighted by atomic mass is 10.4. The molecule has 0 aliphatic heterocycles. The maximum atomic E-state index is 5.71. The first-order valence-corrected chi connectivity index (χ1v) is 4.66. The number of hydrogen-bond donors (Lipinski definition) is 1. The molecule has 0 fully saturated rings. The van der Waals surface area contributed by atoms with Gasteiger partial charge in [0.2, 0.25) is 11.2 Å². The van der Waals surface area contributed by atoms with Gasteiger partial charge >= 0.3 is 0 Å². The van der Waals surface area contributed by atoms with Crippen molar-refractivity contribution in [2.45, 2.75) is 33.2 Å². The van der Waals surface area contributed by atoms with Crippen molar-refractivity contribution in [1.82, 2.24) is 15.0 Å². The number of aromatic nitrogens is 3. The quantitative estimate of drug-likeness (QED) is 0.810. The van der Waals surface area contributed by atoms with Gasteiger partial charge in [0.15, 0.2) is 0 Å². The third-order valence-electron chi connectivity index (χ3n) is 1.39. The van der Waals surface area contributed by atoms with Gasteiger partial charge in [0.25, 0.3) is 0 Å². The zero-order valence-corrected chi connectivity index (χ0v) is 8.76. The van der Waals surface area contributed by atoms with Crippen LogP contribution >= 0.6 is 11.6 Å². The summed E-state index contributed by atoms with van der Waals surface area (Å²) in [6.45, 7) is 6.01. The smallest absolute Gasteiger partial charge is 0.227 e. The number of hydrogen-bond acceptors (Lipinski definition) is 4. The summed E-state index contributed by atoms with van der Waals surface area (Å²) in [5.41, 5.74) is 0. The van der Waals surface area contributed by atoms with Crippen molar-refractivity contribution in [2.24, 2.45) is 0 Å². The van der Waals surface area contributed by atoms with Gasteiger partial charge in [-0.2, -0.15) is 9.97 Å². The number of nitrogens with zero attached hydrogens (tertiary/aromatic N) is 3. The normalized spacial score (nSPS) is 10.5. The largest absolute Gasteiger partial charge is 0.352 e. The predicted octanol–water partition coefficient (Wildman–Crippen LogP) is 1.91. The van der Waals surface area contributed by atoms with Crippen LogP contribution in [0.25, 0.3) is 0 Å². The minimum atomic E-state index is 0.245. The third-order valence-corrected chi connectivity index (χ3v) is 1.56. The first-order chi connectivity index (χ1) is 6.11. The van der Waals surface area contributed by atoms with Crippen LogP contribution < -0.4 is 5.32 Å². The number of anilines is 1. The molecule has 0 aromatic carbocycles. The van der Waals surface area contributed by atoms with Crippen LogP contribution in [0.4, 0.5) is 5.95 Å². The van der Waals surface area contributed by atoms with Gasteiger partial charge in [0, 0.05) is 12.5 Å². The molecular weight excluding hydrogens is 188 g/mol. The Morgan fingerprint density at radius 3 is 2.54 bits per heavy atom. The van der Waals surface area contributed by atoms with Crippen molar-refractivity contribution < 1.29 is 0 Å². The molecule has 1 N–H and O–H groups in total. The molecule has 1 rings (SSSR count). The van der Waals surface area contributed by atoms with Gasteiger partial charge in [0.1, 0.15) is 5.82 Å². The van der Waals surface area contributed by atoms with Crippen LogP contribution in [-0.2, 0) is 6.42 Å². The van der Waals surface area contributed by atoms with Gasteiger partial charge < -0.3 is 5.32 Å². The fourth-order valence-electron chi connectivity index (χ4n) is 0.872. The van der Waals surface area contributed by atoms with Crippen LogP contribution in [-0.4, -0.2) is 21.0 Å². The van der Waals surface area contributed by atoms with Crippen LogP contribution in [0.5, 0.6) is 0 Å². The Hall–Kier alpha value is -0.900. The highest BCUT2D eigenvalue weighted by Crippen LogP contribution is 2.07. The van der Waals surface area contributed by atoms with E-state index in [-0.39, 0.29) is 5.28 Å². The molecule has 0 atom stereocenters. The molecule has 1 aromatic heterocycles. The lowest BCUT2D eigenvalue weighted by Crippen LogP contribution is -2.14. The summed E-state index contributed by atoms with van der Waals surface area (Å²) < 4.78 is 0. The fourth-order valence-corrected chi connectivity index (χ4v) is 1.05. The standard InChI is InChI=1S/C8H13ClN4/c1-4-6-11-7(9)13-8(12-6)10-5(2)3/h5H,4H2,1-3H3,(H,10,11,12,13). The predicted molar refractivity (Wildman–Crippen MR) is 53.0 cm³/mol. The maximum absolute atomic E-state index is 5.71. The van der Waals surface area contributed by atoms with Crippen LogP contribution in [0.15, 0.2) is 0 Å². The minimum absolute atomic E-state index is 0.245. The van der Waals surface area contributed by atoms with E-state index < -0.39 is 0 Å².